The van der Waals surface area contributed by atoms with Gasteiger partial charge in [-0.2, -0.15) is 0 Å². The molecule has 2 saturated heterocycles. The average molecular weight is 320 g/mol. The van der Waals surface area contributed by atoms with E-state index in [1.807, 2.05) is 0 Å². The maximum atomic E-state index is 11.0. The number of hydrogen-bond acceptors (Lipinski definition) is 7. The number of ether oxygens (including phenoxy) is 5. The smallest absolute Gasteiger partial charge is 0.311 e. The summed E-state index contributed by atoms with van der Waals surface area (Å²) in [4.78, 5) is 21.2. The molecular weight excluding hydrogens is 296 g/mol. The van der Waals surface area contributed by atoms with Crippen molar-refractivity contribution in [2.75, 3.05) is 33.0 Å². The van der Waals surface area contributed by atoms with Crippen LogP contribution in [0.4, 0.5) is 0 Å². The van der Waals surface area contributed by atoms with Crippen molar-refractivity contribution in [3.63, 3.8) is 0 Å². The van der Waals surface area contributed by atoms with Gasteiger partial charge in [-0.3, -0.25) is 9.59 Å². The van der Waals surface area contributed by atoms with Gasteiger partial charge < -0.3 is 28.8 Å². The van der Waals surface area contributed by atoms with Crippen molar-refractivity contribution in [3.05, 3.63) is 0 Å². The van der Waals surface area contributed by atoms with E-state index in [9.17, 15) is 9.59 Å². The molecule has 0 aliphatic carbocycles. The van der Waals surface area contributed by atoms with Gasteiger partial charge in [0.15, 0.2) is 11.6 Å². The molecule has 0 radical (unpaired) electrons. The number of carbonyl (C=O) groups excluding carboxylic acids is 1. The fourth-order valence-electron chi connectivity index (χ4n) is 2.07. The van der Waals surface area contributed by atoms with Gasteiger partial charge in [-0.05, 0) is 20.8 Å². The van der Waals surface area contributed by atoms with Gasteiger partial charge in [-0.1, -0.05) is 0 Å². The van der Waals surface area contributed by atoms with E-state index in [0.717, 1.165) is 0 Å². The Bertz CT molecular complexity index is 369. The second-order valence-corrected chi connectivity index (χ2v) is 5.21. The molecular formula is C14H24O8. The molecule has 0 unspecified atom stereocenters. The van der Waals surface area contributed by atoms with Crippen molar-refractivity contribution < 1.29 is 38.4 Å². The van der Waals surface area contributed by atoms with Gasteiger partial charge in [0.2, 0.25) is 0 Å². The third-order valence-electron chi connectivity index (χ3n) is 3.04. The summed E-state index contributed by atoms with van der Waals surface area (Å²) in [5, 5.41) is 8.38. The first-order valence-corrected chi connectivity index (χ1v) is 7.22. The lowest BCUT2D eigenvalue weighted by Gasteiger charge is -2.20. The molecule has 2 aliphatic heterocycles. The number of hydrogen-bond donors (Lipinski definition) is 1. The molecule has 0 aromatic carbocycles. The lowest BCUT2D eigenvalue weighted by molar-refractivity contribution is -0.174. The third kappa shape index (κ3) is 6.69. The Kier molecular flexibility index (Phi) is 7.21. The molecule has 0 atom stereocenters. The fraction of sp³-hybridized carbons (Fsp3) is 0.857. The van der Waals surface area contributed by atoms with E-state index in [0.29, 0.717) is 33.0 Å². The SMILES string of the molecule is CC1(CC(=O)O)OCCO1.CCOC(=O)CC1(C)OCCO1. The Morgan fingerprint density at radius 1 is 0.955 bits per heavy atom. The number of esters is 1. The van der Waals surface area contributed by atoms with Gasteiger partial charge in [-0.15, -0.1) is 0 Å². The normalized spacial score (nSPS) is 21.8. The zero-order chi connectivity index (χ0) is 16.6. The second-order valence-electron chi connectivity index (χ2n) is 5.21. The summed E-state index contributed by atoms with van der Waals surface area (Å²) in [5.74, 6) is -2.82. The van der Waals surface area contributed by atoms with E-state index in [1.165, 1.54) is 0 Å². The lowest BCUT2D eigenvalue weighted by atomic mass is 10.2. The number of aliphatic carboxylic acids is 1. The molecule has 8 nitrogen and oxygen atoms in total. The van der Waals surface area contributed by atoms with Crippen LogP contribution in [0, 0.1) is 0 Å². The van der Waals surface area contributed by atoms with Gasteiger partial charge >= 0.3 is 11.9 Å². The zero-order valence-corrected chi connectivity index (χ0v) is 13.3. The summed E-state index contributed by atoms with van der Waals surface area (Å²) in [5.41, 5.74) is 0. The summed E-state index contributed by atoms with van der Waals surface area (Å²) in [6.07, 6.45) is 0.0772. The Morgan fingerprint density at radius 2 is 1.36 bits per heavy atom. The van der Waals surface area contributed by atoms with Crippen LogP contribution >= 0.6 is 0 Å². The number of carbonyl (C=O) groups is 2. The highest BCUT2D eigenvalue weighted by Crippen LogP contribution is 2.23. The summed E-state index contributed by atoms with van der Waals surface area (Å²) >= 11 is 0. The van der Waals surface area contributed by atoms with Crippen LogP contribution in [0.3, 0.4) is 0 Å². The van der Waals surface area contributed by atoms with Crippen molar-refractivity contribution in [2.45, 2.75) is 45.2 Å². The monoisotopic (exact) mass is 320 g/mol. The van der Waals surface area contributed by atoms with E-state index in [4.69, 9.17) is 28.8 Å². The van der Waals surface area contributed by atoms with E-state index >= 15 is 0 Å². The molecule has 0 aromatic rings. The maximum Gasteiger partial charge on any atom is 0.311 e. The van der Waals surface area contributed by atoms with Gasteiger partial charge in [-0.25, -0.2) is 0 Å². The summed E-state index contributed by atoms with van der Waals surface area (Å²) in [7, 11) is 0. The van der Waals surface area contributed by atoms with Crippen LogP contribution in [0.25, 0.3) is 0 Å². The molecule has 2 fully saturated rings. The molecule has 1 N–H and O–H groups in total. The molecule has 2 aliphatic rings. The second kappa shape index (κ2) is 8.42. The summed E-state index contributed by atoms with van der Waals surface area (Å²) in [6.45, 7) is 7.63. The van der Waals surface area contributed by atoms with E-state index in [-0.39, 0.29) is 18.8 Å². The van der Waals surface area contributed by atoms with Crippen LogP contribution < -0.4 is 0 Å². The van der Waals surface area contributed by atoms with E-state index in [1.54, 1.807) is 20.8 Å². The molecule has 128 valence electrons. The number of carboxylic acids is 1. The minimum absolute atomic E-state index is 0.0903. The molecule has 2 heterocycles. The Morgan fingerprint density at radius 3 is 1.73 bits per heavy atom. The maximum absolute atomic E-state index is 11.0. The third-order valence-corrected chi connectivity index (χ3v) is 3.04. The average Bonchev–Trinajstić information content (AvgIpc) is 2.99. The van der Waals surface area contributed by atoms with Gasteiger partial charge in [0.05, 0.1) is 45.9 Å². The Labute approximate surface area is 129 Å². The van der Waals surface area contributed by atoms with Crippen molar-refractivity contribution >= 4 is 11.9 Å². The number of carboxylic acid groups (broad SMARTS) is 1. The topological polar surface area (TPSA) is 101 Å². The highest BCUT2D eigenvalue weighted by molar-refractivity contribution is 5.70. The predicted octanol–water partition coefficient (Wildman–Crippen LogP) is 0.927. The molecule has 8 heteroatoms. The molecule has 0 amide bonds. The Hall–Kier alpha value is -1.22. The minimum atomic E-state index is -0.899. The van der Waals surface area contributed by atoms with Crippen LogP contribution in [0.1, 0.15) is 33.6 Å². The van der Waals surface area contributed by atoms with Gasteiger partial charge in [0, 0.05) is 0 Å². The van der Waals surface area contributed by atoms with Gasteiger partial charge in [0.25, 0.3) is 0 Å². The van der Waals surface area contributed by atoms with Crippen LogP contribution in [-0.2, 0) is 33.3 Å². The van der Waals surface area contributed by atoms with Crippen LogP contribution in [-0.4, -0.2) is 61.7 Å². The van der Waals surface area contributed by atoms with Crippen LogP contribution in [0.2, 0.25) is 0 Å². The van der Waals surface area contributed by atoms with Gasteiger partial charge in [0.1, 0.15) is 0 Å². The van der Waals surface area contributed by atoms with E-state index < -0.39 is 17.5 Å². The van der Waals surface area contributed by atoms with Crippen LogP contribution in [0.5, 0.6) is 0 Å². The molecule has 0 aromatic heterocycles. The highest BCUT2D eigenvalue weighted by atomic mass is 16.7. The first-order chi connectivity index (χ1) is 10.3. The molecule has 0 spiro atoms. The minimum Gasteiger partial charge on any atom is -0.481 e. The first-order valence-electron chi connectivity index (χ1n) is 7.22. The molecule has 22 heavy (non-hydrogen) atoms. The number of rotatable bonds is 5. The molecule has 0 saturated carbocycles. The first kappa shape index (κ1) is 18.8. The van der Waals surface area contributed by atoms with Crippen molar-refractivity contribution in [1.29, 1.82) is 0 Å². The lowest BCUT2D eigenvalue weighted by Crippen LogP contribution is -2.29. The van der Waals surface area contributed by atoms with Crippen molar-refractivity contribution in [2.24, 2.45) is 0 Å². The quantitative estimate of drug-likeness (QED) is 0.747. The van der Waals surface area contributed by atoms with Crippen molar-refractivity contribution in [3.8, 4) is 0 Å². The standard InChI is InChI=1S/C8H14O4.C6H10O4/c1-3-10-7(9)6-8(2)11-4-5-12-8;1-6(4-5(7)8)9-2-3-10-6/h3-6H2,1-2H3;2-4H2,1H3,(H,7,8). The van der Waals surface area contributed by atoms with Crippen LogP contribution in [0.15, 0.2) is 0 Å². The predicted molar refractivity (Wildman–Crippen MR) is 74.1 cm³/mol. The van der Waals surface area contributed by atoms with Crippen molar-refractivity contribution in [1.82, 2.24) is 0 Å². The highest BCUT2D eigenvalue weighted by Gasteiger charge is 2.34. The summed E-state index contributed by atoms with van der Waals surface area (Å²) < 4.78 is 25.3. The molecule has 2 rings (SSSR count). The summed E-state index contributed by atoms with van der Waals surface area (Å²) in [6, 6.07) is 0. The zero-order valence-electron chi connectivity index (χ0n) is 13.3. The molecule has 0 bridgehead atoms. The largest absolute Gasteiger partial charge is 0.481 e. The fourth-order valence-corrected chi connectivity index (χ4v) is 2.07. The van der Waals surface area contributed by atoms with E-state index in [2.05, 4.69) is 0 Å². The Balaban J connectivity index is 0.000000224.